The maximum atomic E-state index is 12.3. The molecule has 0 aromatic heterocycles. The molecule has 20 heavy (non-hydrogen) atoms. The third-order valence-corrected chi connectivity index (χ3v) is 5.25. The second-order valence-corrected chi connectivity index (χ2v) is 7.33. The molecule has 1 unspecified atom stereocenters. The summed E-state index contributed by atoms with van der Waals surface area (Å²) in [4.78, 5) is 2.34. The number of likely N-dealkylation sites (tertiary alicyclic amines) is 1. The maximum Gasteiger partial charge on any atom is 0.242 e. The van der Waals surface area contributed by atoms with Crippen LogP contribution in [0, 0.1) is 0 Å². The van der Waals surface area contributed by atoms with Gasteiger partial charge in [-0.2, -0.15) is 0 Å². The first kappa shape index (κ1) is 15.6. The van der Waals surface area contributed by atoms with Gasteiger partial charge in [0.05, 0.1) is 5.69 Å². The molecule has 1 fully saturated rings. The highest BCUT2D eigenvalue weighted by Crippen LogP contribution is 2.22. The fourth-order valence-corrected chi connectivity index (χ4v) is 4.01. The first-order valence-corrected chi connectivity index (χ1v) is 8.54. The Balaban J connectivity index is 2.06. The van der Waals surface area contributed by atoms with Gasteiger partial charge in [0.15, 0.2) is 0 Å². The zero-order chi connectivity index (χ0) is 14.8. The van der Waals surface area contributed by atoms with Crippen LogP contribution < -0.4 is 10.5 Å². The number of halogens is 1. The number of hydrogen-bond acceptors (Lipinski definition) is 4. The Labute approximate surface area is 125 Å². The highest BCUT2D eigenvalue weighted by atomic mass is 35.5. The minimum atomic E-state index is -3.61. The molecule has 0 radical (unpaired) electrons. The Kier molecular flexibility index (Phi) is 4.90. The maximum absolute atomic E-state index is 12.3. The first-order valence-electron chi connectivity index (χ1n) is 6.68. The van der Waals surface area contributed by atoms with Crippen molar-refractivity contribution in [3.8, 4) is 0 Å². The van der Waals surface area contributed by atoms with Crippen molar-refractivity contribution < 1.29 is 8.42 Å². The molecule has 1 aliphatic rings. The highest BCUT2D eigenvalue weighted by molar-refractivity contribution is 7.89. The topological polar surface area (TPSA) is 75.4 Å². The van der Waals surface area contributed by atoms with Gasteiger partial charge in [0.2, 0.25) is 10.0 Å². The number of benzene rings is 1. The van der Waals surface area contributed by atoms with Gasteiger partial charge in [-0.25, -0.2) is 13.1 Å². The number of nitrogens with two attached hydrogens (primary N) is 1. The summed E-state index contributed by atoms with van der Waals surface area (Å²) in [5.41, 5.74) is 5.90. The summed E-state index contributed by atoms with van der Waals surface area (Å²) >= 11 is 5.78. The third-order valence-electron chi connectivity index (χ3n) is 3.35. The molecule has 112 valence electrons. The number of nitrogens with zero attached hydrogens (tertiary/aromatic N) is 1. The molecule has 0 saturated carbocycles. The number of rotatable bonds is 5. The lowest BCUT2D eigenvalue weighted by atomic mass is 10.3. The molecule has 1 atom stereocenters. The summed E-state index contributed by atoms with van der Waals surface area (Å²) in [6.07, 6.45) is 2.37. The Hall–Kier alpha value is -0.820. The summed E-state index contributed by atoms with van der Waals surface area (Å²) in [7, 11) is -3.61. The first-order chi connectivity index (χ1) is 9.38. The predicted octanol–water partition coefficient (Wildman–Crippen LogP) is 1.68. The molecule has 1 aromatic carbocycles. The van der Waals surface area contributed by atoms with Crippen LogP contribution in [0.2, 0.25) is 5.02 Å². The Bertz CT molecular complexity index is 571. The minimum Gasteiger partial charge on any atom is -0.398 e. The standard InChI is InChI=1S/C13H20ClN3O2S/c1-10(9-17-6-2-3-7-17)16-20(18,19)13-5-4-11(14)8-12(13)15/h4-5,8,10,16H,2-3,6-7,9,15H2,1H3. The molecule has 7 heteroatoms. The molecule has 5 nitrogen and oxygen atoms in total. The van der Waals surface area contributed by atoms with Crippen molar-refractivity contribution in [2.24, 2.45) is 0 Å². The van der Waals surface area contributed by atoms with Crippen LogP contribution in [0.15, 0.2) is 23.1 Å². The molecule has 1 heterocycles. The van der Waals surface area contributed by atoms with Gasteiger partial charge in [-0.3, -0.25) is 0 Å². The molecule has 3 N–H and O–H groups in total. The van der Waals surface area contributed by atoms with Crippen molar-refractivity contribution >= 4 is 27.3 Å². The Morgan fingerprint density at radius 1 is 1.40 bits per heavy atom. The minimum absolute atomic E-state index is 0.0789. The van der Waals surface area contributed by atoms with Gasteiger partial charge in [-0.05, 0) is 51.1 Å². The van der Waals surface area contributed by atoms with Gasteiger partial charge in [-0.1, -0.05) is 11.6 Å². The van der Waals surface area contributed by atoms with Gasteiger partial charge >= 0.3 is 0 Å². The van der Waals surface area contributed by atoms with Crippen LogP contribution >= 0.6 is 11.6 Å². The van der Waals surface area contributed by atoms with Crippen LogP contribution in [0.25, 0.3) is 0 Å². The van der Waals surface area contributed by atoms with Crippen LogP contribution in [-0.4, -0.2) is 39.0 Å². The van der Waals surface area contributed by atoms with Gasteiger partial charge in [-0.15, -0.1) is 0 Å². The summed E-state index contributed by atoms with van der Waals surface area (Å²) in [6.45, 7) is 4.65. The largest absolute Gasteiger partial charge is 0.398 e. The lowest BCUT2D eigenvalue weighted by molar-refractivity contribution is 0.313. The fraction of sp³-hybridized carbons (Fsp3) is 0.538. The summed E-state index contributed by atoms with van der Waals surface area (Å²) in [5, 5.41) is 0.423. The number of nitrogens with one attached hydrogen (secondary N) is 1. The fourth-order valence-electron chi connectivity index (χ4n) is 2.48. The van der Waals surface area contributed by atoms with Gasteiger partial charge in [0.25, 0.3) is 0 Å². The van der Waals surface area contributed by atoms with E-state index in [1.54, 1.807) is 0 Å². The van der Waals surface area contributed by atoms with Crippen molar-refractivity contribution in [1.82, 2.24) is 9.62 Å². The third kappa shape index (κ3) is 3.85. The summed E-state index contributed by atoms with van der Waals surface area (Å²) < 4.78 is 27.3. The zero-order valence-electron chi connectivity index (χ0n) is 11.5. The van der Waals surface area contributed by atoms with Gasteiger partial charge in [0.1, 0.15) is 4.90 Å². The van der Waals surface area contributed by atoms with E-state index < -0.39 is 10.0 Å². The van der Waals surface area contributed by atoms with Crippen LogP contribution in [0.5, 0.6) is 0 Å². The molecule has 0 bridgehead atoms. The zero-order valence-corrected chi connectivity index (χ0v) is 13.0. The van der Waals surface area contributed by atoms with Crippen molar-refractivity contribution in [1.29, 1.82) is 0 Å². The van der Waals surface area contributed by atoms with Gasteiger partial charge in [0, 0.05) is 17.6 Å². The van der Waals surface area contributed by atoms with Crippen molar-refractivity contribution in [2.45, 2.75) is 30.7 Å². The smallest absolute Gasteiger partial charge is 0.242 e. The summed E-state index contributed by atoms with van der Waals surface area (Å²) in [5.74, 6) is 0. The molecule has 0 amide bonds. The van der Waals surface area contributed by atoms with Crippen molar-refractivity contribution in [2.75, 3.05) is 25.4 Å². The van der Waals surface area contributed by atoms with Crippen molar-refractivity contribution in [3.63, 3.8) is 0 Å². The molecular formula is C13H20ClN3O2S. The lowest BCUT2D eigenvalue weighted by Gasteiger charge is -2.21. The van der Waals surface area contributed by atoms with Crippen LogP contribution in [-0.2, 0) is 10.0 Å². The number of nitrogen functional groups attached to an aromatic ring is 1. The van der Waals surface area contributed by atoms with E-state index in [1.165, 1.54) is 31.0 Å². The number of sulfonamides is 1. The second-order valence-electron chi connectivity index (χ2n) is 5.21. The van der Waals surface area contributed by atoms with Gasteiger partial charge < -0.3 is 10.6 Å². The molecule has 2 rings (SSSR count). The number of hydrogen-bond donors (Lipinski definition) is 2. The molecule has 0 aliphatic carbocycles. The number of anilines is 1. The quantitative estimate of drug-likeness (QED) is 0.810. The SMILES string of the molecule is CC(CN1CCCC1)NS(=O)(=O)c1ccc(Cl)cc1N. The molecule has 0 spiro atoms. The van der Waals surface area contributed by atoms with Crippen molar-refractivity contribution in [3.05, 3.63) is 23.2 Å². The van der Waals surface area contributed by atoms with E-state index >= 15 is 0 Å². The Morgan fingerprint density at radius 3 is 2.65 bits per heavy atom. The molecule has 1 saturated heterocycles. The van der Waals surface area contributed by atoms with Crippen LogP contribution in [0.4, 0.5) is 5.69 Å². The van der Waals surface area contributed by atoms with Crippen LogP contribution in [0.3, 0.4) is 0 Å². The van der Waals surface area contributed by atoms with E-state index in [2.05, 4.69) is 9.62 Å². The predicted molar refractivity (Wildman–Crippen MR) is 81.3 cm³/mol. The van der Waals surface area contributed by atoms with E-state index in [4.69, 9.17) is 17.3 Å². The van der Waals surface area contributed by atoms with Crippen LogP contribution in [0.1, 0.15) is 19.8 Å². The molecule has 1 aromatic rings. The van der Waals surface area contributed by atoms with E-state index in [0.717, 1.165) is 13.1 Å². The highest BCUT2D eigenvalue weighted by Gasteiger charge is 2.22. The van der Waals surface area contributed by atoms with E-state index in [1.807, 2.05) is 6.92 Å². The monoisotopic (exact) mass is 317 g/mol. The lowest BCUT2D eigenvalue weighted by Crippen LogP contribution is -2.41. The average molecular weight is 318 g/mol. The molecule has 1 aliphatic heterocycles. The van der Waals surface area contributed by atoms with E-state index in [0.29, 0.717) is 11.6 Å². The molecular weight excluding hydrogens is 298 g/mol. The van der Waals surface area contributed by atoms with E-state index in [-0.39, 0.29) is 16.6 Å². The summed E-state index contributed by atoms with van der Waals surface area (Å²) in [6, 6.07) is 4.25. The second kappa shape index (κ2) is 6.30. The van der Waals surface area contributed by atoms with E-state index in [9.17, 15) is 8.42 Å². The average Bonchev–Trinajstić information content (AvgIpc) is 2.79. The normalized spacial score (nSPS) is 18.3. The Morgan fingerprint density at radius 2 is 2.05 bits per heavy atom.